The molecule has 0 spiro atoms. The summed E-state index contributed by atoms with van der Waals surface area (Å²) in [6.45, 7) is 5.84. The lowest BCUT2D eigenvalue weighted by Crippen LogP contribution is -2.34. The zero-order valence-electron chi connectivity index (χ0n) is 8.03. The highest BCUT2D eigenvalue weighted by Gasteiger charge is 2.30. The third kappa shape index (κ3) is 2.93. The van der Waals surface area contributed by atoms with Crippen molar-refractivity contribution in [2.24, 2.45) is 5.16 Å². The standard InChI is InChI=1S/C8H14N2O3/c1-5(2)10-12-4-7-6(3)13-8(11)9-7/h6-7H,4H2,1-3H3,(H,9,11)/t6-,7-/m1/s1. The molecule has 1 saturated heterocycles. The highest BCUT2D eigenvalue weighted by molar-refractivity contribution is 5.78. The molecule has 0 aliphatic carbocycles. The van der Waals surface area contributed by atoms with Crippen LogP contribution in [0.25, 0.3) is 0 Å². The molecule has 0 bridgehead atoms. The maximum absolute atomic E-state index is 10.7. The number of alkyl carbamates (subject to hydrolysis) is 1. The number of nitrogens with zero attached hydrogens (tertiary/aromatic N) is 1. The number of cyclic esters (lactones) is 1. The van der Waals surface area contributed by atoms with E-state index in [2.05, 4.69) is 10.5 Å². The normalized spacial score (nSPS) is 26.2. The van der Waals surface area contributed by atoms with Crippen molar-refractivity contribution < 1.29 is 14.4 Å². The molecule has 0 radical (unpaired) electrons. The maximum atomic E-state index is 10.7. The summed E-state index contributed by atoms with van der Waals surface area (Å²) in [5.74, 6) is 0. The molecular formula is C8H14N2O3. The van der Waals surface area contributed by atoms with E-state index in [1.807, 2.05) is 20.8 Å². The Morgan fingerprint density at radius 1 is 1.69 bits per heavy atom. The fourth-order valence-corrected chi connectivity index (χ4v) is 0.978. The summed E-state index contributed by atoms with van der Waals surface area (Å²) in [5.41, 5.74) is 0.845. The first kappa shape index (κ1) is 9.83. The molecule has 0 aromatic heterocycles. The number of oxime groups is 1. The Hall–Kier alpha value is -1.26. The van der Waals surface area contributed by atoms with Crippen molar-refractivity contribution in [3.63, 3.8) is 0 Å². The predicted octanol–water partition coefficient (Wildman–Crippen LogP) is 0.896. The molecule has 74 valence electrons. The molecule has 1 amide bonds. The lowest BCUT2D eigenvalue weighted by molar-refractivity contribution is 0.0911. The van der Waals surface area contributed by atoms with Crippen LogP contribution in [0.1, 0.15) is 20.8 Å². The second-order valence-corrected chi connectivity index (χ2v) is 3.20. The van der Waals surface area contributed by atoms with Gasteiger partial charge in [-0.25, -0.2) is 4.79 Å². The fraction of sp³-hybridized carbons (Fsp3) is 0.750. The third-order valence-corrected chi connectivity index (χ3v) is 1.66. The molecular weight excluding hydrogens is 172 g/mol. The summed E-state index contributed by atoms with van der Waals surface area (Å²) < 4.78 is 4.85. The molecule has 1 heterocycles. The summed E-state index contributed by atoms with van der Waals surface area (Å²) in [7, 11) is 0. The van der Waals surface area contributed by atoms with Gasteiger partial charge in [0.2, 0.25) is 0 Å². The molecule has 5 nitrogen and oxygen atoms in total. The second-order valence-electron chi connectivity index (χ2n) is 3.20. The maximum Gasteiger partial charge on any atom is 0.407 e. The molecule has 0 aromatic rings. The van der Waals surface area contributed by atoms with Crippen LogP contribution in [0.3, 0.4) is 0 Å². The average molecular weight is 186 g/mol. The molecule has 5 heteroatoms. The zero-order chi connectivity index (χ0) is 9.84. The van der Waals surface area contributed by atoms with Gasteiger partial charge in [0, 0.05) is 0 Å². The van der Waals surface area contributed by atoms with Crippen LogP contribution in [0.5, 0.6) is 0 Å². The topological polar surface area (TPSA) is 59.9 Å². The number of rotatable bonds is 3. The summed E-state index contributed by atoms with van der Waals surface area (Å²) >= 11 is 0. The van der Waals surface area contributed by atoms with E-state index in [1.54, 1.807) is 0 Å². The molecule has 1 fully saturated rings. The number of amides is 1. The fourth-order valence-electron chi connectivity index (χ4n) is 0.978. The molecule has 1 aliphatic rings. The van der Waals surface area contributed by atoms with E-state index in [-0.39, 0.29) is 12.1 Å². The van der Waals surface area contributed by atoms with Crippen molar-refractivity contribution in [3.05, 3.63) is 0 Å². The molecule has 0 saturated carbocycles. The van der Waals surface area contributed by atoms with Crippen LogP contribution in [0.4, 0.5) is 4.79 Å². The highest BCUT2D eigenvalue weighted by Crippen LogP contribution is 2.07. The van der Waals surface area contributed by atoms with Gasteiger partial charge in [0.05, 0.1) is 5.71 Å². The van der Waals surface area contributed by atoms with E-state index in [0.29, 0.717) is 6.61 Å². The van der Waals surface area contributed by atoms with Gasteiger partial charge in [-0.3, -0.25) is 0 Å². The van der Waals surface area contributed by atoms with E-state index in [4.69, 9.17) is 9.57 Å². The van der Waals surface area contributed by atoms with Gasteiger partial charge >= 0.3 is 6.09 Å². The van der Waals surface area contributed by atoms with Crippen molar-refractivity contribution in [2.45, 2.75) is 32.9 Å². The number of carbonyl (C=O) groups is 1. The van der Waals surface area contributed by atoms with E-state index in [9.17, 15) is 4.79 Å². The minimum Gasteiger partial charge on any atom is -0.444 e. The zero-order valence-corrected chi connectivity index (χ0v) is 8.03. The Labute approximate surface area is 77.1 Å². The van der Waals surface area contributed by atoms with Crippen molar-refractivity contribution >= 4 is 11.8 Å². The summed E-state index contributed by atoms with van der Waals surface area (Å²) in [5, 5.41) is 6.38. The lowest BCUT2D eigenvalue weighted by atomic mass is 10.2. The van der Waals surface area contributed by atoms with Crippen LogP contribution in [-0.2, 0) is 9.57 Å². The van der Waals surface area contributed by atoms with Crippen LogP contribution in [-0.4, -0.2) is 30.6 Å². The van der Waals surface area contributed by atoms with Crippen LogP contribution >= 0.6 is 0 Å². The van der Waals surface area contributed by atoms with Crippen molar-refractivity contribution in [1.29, 1.82) is 0 Å². The van der Waals surface area contributed by atoms with Crippen LogP contribution in [0.15, 0.2) is 5.16 Å². The van der Waals surface area contributed by atoms with E-state index >= 15 is 0 Å². The Kier molecular flexibility index (Phi) is 3.11. The van der Waals surface area contributed by atoms with Gasteiger partial charge in [-0.1, -0.05) is 5.16 Å². The van der Waals surface area contributed by atoms with Crippen LogP contribution in [0.2, 0.25) is 0 Å². The van der Waals surface area contributed by atoms with Gasteiger partial charge in [-0.05, 0) is 20.8 Å². The van der Waals surface area contributed by atoms with Gasteiger partial charge in [0.25, 0.3) is 0 Å². The molecule has 0 unspecified atom stereocenters. The van der Waals surface area contributed by atoms with Crippen LogP contribution < -0.4 is 5.32 Å². The van der Waals surface area contributed by atoms with Crippen LogP contribution in [0, 0.1) is 0 Å². The summed E-state index contributed by atoms with van der Waals surface area (Å²) in [6, 6.07) is -0.101. The average Bonchev–Trinajstić information content (AvgIpc) is 2.29. The third-order valence-electron chi connectivity index (χ3n) is 1.66. The number of ether oxygens (including phenoxy) is 1. The lowest BCUT2D eigenvalue weighted by Gasteiger charge is -2.10. The summed E-state index contributed by atoms with van der Waals surface area (Å²) in [4.78, 5) is 15.7. The van der Waals surface area contributed by atoms with Crippen molar-refractivity contribution in [1.82, 2.24) is 5.32 Å². The first-order valence-electron chi connectivity index (χ1n) is 4.20. The molecule has 1 N–H and O–H groups in total. The molecule has 2 atom stereocenters. The van der Waals surface area contributed by atoms with Gasteiger partial charge < -0.3 is 14.9 Å². The number of hydrogen-bond donors (Lipinski definition) is 1. The molecule has 1 rings (SSSR count). The van der Waals surface area contributed by atoms with Gasteiger partial charge in [-0.2, -0.15) is 0 Å². The predicted molar refractivity (Wildman–Crippen MR) is 47.6 cm³/mol. The Morgan fingerprint density at radius 2 is 2.38 bits per heavy atom. The second kappa shape index (κ2) is 4.11. The Balaban J connectivity index is 2.29. The minimum absolute atomic E-state index is 0.101. The quantitative estimate of drug-likeness (QED) is 0.526. The van der Waals surface area contributed by atoms with E-state index in [0.717, 1.165) is 5.71 Å². The number of hydrogen-bond acceptors (Lipinski definition) is 4. The SMILES string of the molecule is CC(C)=NOC[C@H]1NC(=O)O[C@@H]1C. The molecule has 1 aliphatic heterocycles. The van der Waals surface area contributed by atoms with Gasteiger partial charge in [0.1, 0.15) is 18.8 Å². The smallest absolute Gasteiger partial charge is 0.407 e. The Morgan fingerprint density at radius 3 is 2.85 bits per heavy atom. The number of nitrogens with one attached hydrogen (secondary N) is 1. The molecule has 0 aromatic carbocycles. The van der Waals surface area contributed by atoms with Gasteiger partial charge in [-0.15, -0.1) is 0 Å². The molecule has 13 heavy (non-hydrogen) atoms. The monoisotopic (exact) mass is 186 g/mol. The largest absolute Gasteiger partial charge is 0.444 e. The highest BCUT2D eigenvalue weighted by atomic mass is 16.6. The first-order valence-corrected chi connectivity index (χ1v) is 4.20. The first-order chi connectivity index (χ1) is 6.09. The van der Waals surface area contributed by atoms with E-state index < -0.39 is 6.09 Å². The van der Waals surface area contributed by atoms with Gasteiger partial charge in [0.15, 0.2) is 0 Å². The van der Waals surface area contributed by atoms with Crippen molar-refractivity contribution in [3.8, 4) is 0 Å². The summed E-state index contributed by atoms with van der Waals surface area (Å²) in [6.07, 6.45) is -0.543. The Bertz CT molecular complexity index is 223. The van der Waals surface area contributed by atoms with E-state index in [1.165, 1.54) is 0 Å². The van der Waals surface area contributed by atoms with Crippen molar-refractivity contribution in [2.75, 3.05) is 6.61 Å². The minimum atomic E-state index is -0.390. The number of carbonyl (C=O) groups excluding carboxylic acids is 1.